The molecule has 1 fully saturated rings. The van der Waals surface area contributed by atoms with Crippen molar-refractivity contribution in [1.82, 2.24) is 25.0 Å². The molecule has 1 aliphatic rings. The van der Waals surface area contributed by atoms with Crippen LogP contribution in [0.5, 0.6) is 5.75 Å². The Morgan fingerprint density at radius 3 is 2.88 bits per heavy atom. The van der Waals surface area contributed by atoms with E-state index in [0.717, 1.165) is 42.8 Å². The number of halogens is 1. The van der Waals surface area contributed by atoms with Crippen molar-refractivity contribution >= 4 is 34.1 Å². The highest BCUT2D eigenvalue weighted by Gasteiger charge is 2.23. The molecule has 0 spiro atoms. The lowest BCUT2D eigenvalue weighted by Gasteiger charge is -2.23. The third kappa shape index (κ3) is 2.95. The average molecular weight is 375 g/mol. The van der Waals surface area contributed by atoms with E-state index in [1.165, 1.54) is 0 Å². The maximum Gasteiger partial charge on any atom is 0.193 e. The molecule has 0 bridgehead atoms. The highest BCUT2D eigenvalue weighted by atomic mass is 35.5. The minimum Gasteiger partial charge on any atom is -0.493 e. The van der Waals surface area contributed by atoms with Gasteiger partial charge in [0.25, 0.3) is 0 Å². The van der Waals surface area contributed by atoms with Gasteiger partial charge < -0.3 is 14.4 Å². The number of nitrogens with zero attached hydrogens (tertiary/aromatic N) is 6. The highest BCUT2D eigenvalue weighted by Crippen LogP contribution is 2.34. The molecule has 9 heteroatoms. The van der Waals surface area contributed by atoms with Crippen molar-refractivity contribution in [3.05, 3.63) is 29.7 Å². The molecule has 0 aromatic carbocycles. The van der Waals surface area contributed by atoms with Crippen LogP contribution in [0.4, 0.5) is 11.6 Å². The Morgan fingerprint density at radius 1 is 1.31 bits per heavy atom. The Hall–Kier alpha value is -2.45. The van der Waals surface area contributed by atoms with Gasteiger partial charge in [-0.05, 0) is 18.9 Å². The predicted octanol–water partition coefficient (Wildman–Crippen LogP) is 3.00. The van der Waals surface area contributed by atoms with Gasteiger partial charge in [0, 0.05) is 38.7 Å². The van der Waals surface area contributed by atoms with Crippen molar-refractivity contribution in [3.8, 4) is 5.75 Å². The zero-order valence-corrected chi connectivity index (χ0v) is 15.3. The van der Waals surface area contributed by atoms with Crippen LogP contribution >= 0.6 is 11.6 Å². The van der Waals surface area contributed by atoms with Crippen LogP contribution in [-0.2, 0) is 4.74 Å². The van der Waals surface area contributed by atoms with E-state index in [1.54, 1.807) is 19.4 Å². The monoisotopic (exact) mass is 374 g/mol. The molecule has 3 aromatic heterocycles. The summed E-state index contributed by atoms with van der Waals surface area (Å²) in [5.74, 6) is 1.82. The summed E-state index contributed by atoms with van der Waals surface area (Å²) < 4.78 is 12.8. The van der Waals surface area contributed by atoms with Crippen molar-refractivity contribution < 1.29 is 9.47 Å². The van der Waals surface area contributed by atoms with Gasteiger partial charge in [0.2, 0.25) is 0 Å². The molecular weight excluding hydrogens is 356 g/mol. The van der Waals surface area contributed by atoms with Crippen molar-refractivity contribution in [2.45, 2.75) is 18.9 Å². The average Bonchev–Trinajstić information content (AvgIpc) is 3.08. The summed E-state index contributed by atoms with van der Waals surface area (Å²) in [5, 5.41) is 14.2. The van der Waals surface area contributed by atoms with Crippen LogP contribution in [0.25, 0.3) is 10.9 Å². The van der Waals surface area contributed by atoms with Gasteiger partial charge in [0.05, 0.1) is 24.1 Å². The first-order valence-corrected chi connectivity index (χ1v) is 8.77. The molecule has 0 N–H and O–H groups in total. The normalized spacial score (nSPS) is 15.3. The van der Waals surface area contributed by atoms with E-state index in [0.29, 0.717) is 17.6 Å². The summed E-state index contributed by atoms with van der Waals surface area (Å²) in [6, 6.07) is 4.04. The lowest BCUT2D eigenvalue weighted by Crippen LogP contribution is -2.21. The van der Waals surface area contributed by atoms with Gasteiger partial charge in [-0.25, -0.2) is 0 Å². The van der Waals surface area contributed by atoms with Gasteiger partial charge >= 0.3 is 0 Å². The summed E-state index contributed by atoms with van der Waals surface area (Å²) in [4.78, 5) is 6.14. The van der Waals surface area contributed by atoms with Gasteiger partial charge in [-0.1, -0.05) is 11.6 Å². The molecule has 26 heavy (non-hydrogen) atoms. The first-order valence-electron chi connectivity index (χ1n) is 8.40. The summed E-state index contributed by atoms with van der Waals surface area (Å²) in [7, 11) is 3.44. The molecule has 0 radical (unpaired) electrons. The van der Waals surface area contributed by atoms with E-state index in [1.807, 2.05) is 24.2 Å². The second-order valence-corrected chi connectivity index (χ2v) is 6.48. The van der Waals surface area contributed by atoms with Gasteiger partial charge in [-0.3, -0.25) is 9.67 Å². The maximum atomic E-state index is 5.99. The van der Waals surface area contributed by atoms with Crippen molar-refractivity contribution in [1.29, 1.82) is 0 Å². The second-order valence-electron chi connectivity index (χ2n) is 6.13. The molecule has 0 unspecified atom stereocenters. The Morgan fingerprint density at radius 2 is 2.12 bits per heavy atom. The molecule has 4 rings (SSSR count). The van der Waals surface area contributed by atoms with E-state index in [2.05, 4.69) is 19.9 Å². The number of ether oxygens (including phenoxy) is 2. The molecule has 4 heterocycles. The number of hydrogen-bond donors (Lipinski definition) is 0. The van der Waals surface area contributed by atoms with Crippen molar-refractivity contribution in [2.75, 3.05) is 32.3 Å². The number of aromatic nitrogens is 5. The number of anilines is 2. The van der Waals surface area contributed by atoms with E-state index < -0.39 is 0 Å². The van der Waals surface area contributed by atoms with Gasteiger partial charge in [0.15, 0.2) is 22.5 Å². The number of methoxy groups -OCH3 is 1. The summed E-state index contributed by atoms with van der Waals surface area (Å²) in [6.07, 6.45) is 5.49. The Kier molecular flexibility index (Phi) is 4.60. The number of hydrogen-bond acceptors (Lipinski definition) is 7. The minimum atomic E-state index is 0.226. The molecule has 1 saturated heterocycles. The molecule has 3 aromatic rings. The smallest absolute Gasteiger partial charge is 0.193 e. The Labute approximate surface area is 155 Å². The first kappa shape index (κ1) is 17.0. The van der Waals surface area contributed by atoms with Gasteiger partial charge in [-0.2, -0.15) is 5.10 Å². The lowest BCUT2D eigenvalue weighted by atomic mass is 10.1. The molecule has 0 amide bonds. The van der Waals surface area contributed by atoms with Gasteiger partial charge in [0.1, 0.15) is 0 Å². The summed E-state index contributed by atoms with van der Waals surface area (Å²) in [5.41, 5.74) is 1.04. The Bertz CT molecular complexity index is 925. The molecule has 0 aliphatic carbocycles. The van der Waals surface area contributed by atoms with Crippen molar-refractivity contribution in [2.24, 2.45) is 0 Å². The first-order chi connectivity index (χ1) is 12.7. The van der Waals surface area contributed by atoms with E-state index in [9.17, 15) is 0 Å². The van der Waals surface area contributed by atoms with Crippen LogP contribution in [-0.4, -0.2) is 52.3 Å². The zero-order chi connectivity index (χ0) is 18.1. The number of fused-ring (bicyclic) bond motifs is 1. The standard InChI is InChI=1S/C17H19ClN6O2/c1-23(15-9-14(25-2)16(18)21-20-15)17-12-10-19-6-3-13(12)24(22-17)11-4-7-26-8-5-11/h3,6,9-11H,4-5,7-8H2,1-2H3. The third-order valence-electron chi connectivity index (χ3n) is 4.61. The zero-order valence-electron chi connectivity index (χ0n) is 14.6. The molecular formula is C17H19ClN6O2. The molecule has 0 saturated carbocycles. The number of rotatable bonds is 4. The quantitative estimate of drug-likeness (QED) is 0.694. The van der Waals surface area contributed by atoms with Crippen LogP contribution < -0.4 is 9.64 Å². The molecule has 136 valence electrons. The van der Waals surface area contributed by atoms with E-state index >= 15 is 0 Å². The largest absolute Gasteiger partial charge is 0.493 e. The lowest BCUT2D eigenvalue weighted by molar-refractivity contribution is 0.0675. The van der Waals surface area contributed by atoms with Crippen LogP contribution in [0, 0.1) is 0 Å². The fourth-order valence-corrected chi connectivity index (χ4v) is 3.36. The highest BCUT2D eigenvalue weighted by molar-refractivity contribution is 6.30. The predicted molar refractivity (Wildman–Crippen MR) is 98.3 cm³/mol. The summed E-state index contributed by atoms with van der Waals surface area (Å²) >= 11 is 5.99. The van der Waals surface area contributed by atoms with Crippen LogP contribution in [0.15, 0.2) is 24.5 Å². The van der Waals surface area contributed by atoms with Crippen LogP contribution in [0.2, 0.25) is 5.15 Å². The van der Waals surface area contributed by atoms with Crippen LogP contribution in [0.1, 0.15) is 18.9 Å². The summed E-state index contributed by atoms with van der Waals surface area (Å²) in [6.45, 7) is 1.50. The maximum absolute atomic E-state index is 5.99. The van der Waals surface area contributed by atoms with Crippen LogP contribution in [0.3, 0.4) is 0 Å². The number of pyridine rings is 1. The molecule has 0 atom stereocenters. The third-order valence-corrected chi connectivity index (χ3v) is 4.87. The van der Waals surface area contributed by atoms with E-state index in [4.69, 9.17) is 26.2 Å². The Balaban J connectivity index is 1.78. The molecule has 8 nitrogen and oxygen atoms in total. The van der Waals surface area contributed by atoms with Gasteiger partial charge in [-0.15, -0.1) is 10.2 Å². The fraction of sp³-hybridized carbons (Fsp3) is 0.412. The second kappa shape index (κ2) is 7.05. The topological polar surface area (TPSA) is 78.2 Å². The SMILES string of the molecule is COc1cc(N(C)c2nn(C3CCOCC3)c3ccncc23)nnc1Cl. The van der Waals surface area contributed by atoms with E-state index in [-0.39, 0.29) is 5.15 Å². The minimum absolute atomic E-state index is 0.226. The van der Waals surface area contributed by atoms with Crippen molar-refractivity contribution in [3.63, 3.8) is 0 Å². The fourth-order valence-electron chi connectivity index (χ4n) is 3.19. The molecule has 1 aliphatic heterocycles.